The van der Waals surface area contributed by atoms with Gasteiger partial charge in [0.2, 0.25) is 10.0 Å². The highest BCUT2D eigenvalue weighted by Gasteiger charge is 2.22. The van der Waals surface area contributed by atoms with E-state index >= 15 is 0 Å². The maximum Gasteiger partial charge on any atom is 0.266 e. The monoisotopic (exact) mass is 302 g/mol. The molecule has 0 aliphatic rings. The summed E-state index contributed by atoms with van der Waals surface area (Å²) >= 11 is 5.62. The van der Waals surface area contributed by atoms with Gasteiger partial charge in [0, 0.05) is 13.2 Å². The Kier molecular flexibility index (Phi) is 3.79. The largest absolute Gasteiger partial charge is 0.468 e. The summed E-state index contributed by atoms with van der Waals surface area (Å²) in [5, 5.41) is -0.174. The summed E-state index contributed by atoms with van der Waals surface area (Å²) in [6.07, 6.45) is 2.58. The van der Waals surface area contributed by atoms with E-state index in [1.165, 1.54) is 13.3 Å². The molecule has 19 heavy (non-hydrogen) atoms. The molecule has 0 spiro atoms. The van der Waals surface area contributed by atoms with Gasteiger partial charge in [-0.05, 0) is 18.2 Å². The van der Waals surface area contributed by atoms with E-state index in [0.717, 1.165) is 16.6 Å². The second kappa shape index (κ2) is 5.20. The average Bonchev–Trinajstić information content (AvgIpc) is 2.85. The van der Waals surface area contributed by atoms with Crippen molar-refractivity contribution in [3.63, 3.8) is 0 Å². The maximum atomic E-state index is 12.2. The Bertz CT molecular complexity index is 721. The van der Waals surface area contributed by atoms with E-state index in [0.29, 0.717) is 5.76 Å². The molecule has 0 aromatic carbocycles. The standard InChI is InChI=1S/C11H11ClN2O4S/c1-14(7-8-3-2-4-18-8)19(16,17)9-5-10(12)11(15)13-6-9/h2-6H,7H2,1H3,(H,13,15). The summed E-state index contributed by atoms with van der Waals surface area (Å²) < 4.78 is 30.6. The first-order valence-electron chi connectivity index (χ1n) is 5.28. The molecule has 2 aromatic rings. The molecule has 0 aliphatic heterocycles. The van der Waals surface area contributed by atoms with Gasteiger partial charge in [0.25, 0.3) is 5.56 Å². The molecule has 2 aromatic heterocycles. The third kappa shape index (κ3) is 2.89. The smallest absolute Gasteiger partial charge is 0.266 e. The molecule has 8 heteroatoms. The lowest BCUT2D eigenvalue weighted by atomic mass is 10.4. The van der Waals surface area contributed by atoms with Gasteiger partial charge in [-0.2, -0.15) is 4.31 Å². The summed E-state index contributed by atoms with van der Waals surface area (Å²) in [6, 6.07) is 4.47. The zero-order chi connectivity index (χ0) is 14.0. The Morgan fingerprint density at radius 1 is 1.47 bits per heavy atom. The van der Waals surface area contributed by atoms with Crippen molar-refractivity contribution >= 4 is 21.6 Å². The second-order valence-electron chi connectivity index (χ2n) is 3.85. The van der Waals surface area contributed by atoms with Crippen molar-refractivity contribution in [3.05, 3.63) is 51.8 Å². The molecule has 0 unspecified atom stereocenters. The van der Waals surface area contributed by atoms with Gasteiger partial charge >= 0.3 is 0 Å². The number of aromatic amines is 1. The Labute approximate surface area is 114 Å². The van der Waals surface area contributed by atoms with Crippen LogP contribution in [0.1, 0.15) is 5.76 Å². The van der Waals surface area contributed by atoms with Gasteiger partial charge in [-0.25, -0.2) is 8.42 Å². The summed E-state index contributed by atoms with van der Waals surface area (Å²) in [4.78, 5) is 13.3. The molecule has 2 heterocycles. The number of furan rings is 1. The first kappa shape index (κ1) is 13.9. The van der Waals surface area contributed by atoms with Gasteiger partial charge < -0.3 is 9.40 Å². The molecule has 0 amide bonds. The number of halogens is 1. The molecule has 6 nitrogen and oxygen atoms in total. The van der Waals surface area contributed by atoms with Gasteiger partial charge in [-0.15, -0.1) is 0 Å². The fourth-order valence-electron chi connectivity index (χ4n) is 1.47. The molecule has 0 atom stereocenters. The van der Waals surface area contributed by atoms with Gasteiger partial charge in [0.05, 0.1) is 17.7 Å². The molecule has 1 N–H and O–H groups in total. The summed E-state index contributed by atoms with van der Waals surface area (Å²) in [6.45, 7) is 0.0894. The predicted octanol–water partition coefficient (Wildman–Crippen LogP) is 1.44. The normalized spacial score (nSPS) is 11.9. The molecule has 0 saturated heterocycles. The van der Waals surface area contributed by atoms with Gasteiger partial charge in [0.15, 0.2) is 0 Å². The number of rotatable bonds is 4. The fourth-order valence-corrected chi connectivity index (χ4v) is 2.84. The third-order valence-electron chi connectivity index (χ3n) is 2.50. The van der Waals surface area contributed by atoms with Crippen molar-refractivity contribution in [3.8, 4) is 0 Å². The first-order valence-corrected chi connectivity index (χ1v) is 7.10. The number of hydrogen-bond donors (Lipinski definition) is 1. The molecular formula is C11H11ClN2O4S. The van der Waals surface area contributed by atoms with Crippen molar-refractivity contribution in [2.45, 2.75) is 11.4 Å². The zero-order valence-corrected chi connectivity index (χ0v) is 11.5. The van der Waals surface area contributed by atoms with E-state index < -0.39 is 15.6 Å². The van der Waals surface area contributed by atoms with E-state index in [1.54, 1.807) is 12.1 Å². The average molecular weight is 303 g/mol. The van der Waals surface area contributed by atoms with Crippen LogP contribution in [0.25, 0.3) is 0 Å². The molecule has 2 rings (SSSR count). The Morgan fingerprint density at radius 2 is 2.21 bits per heavy atom. The molecule has 0 saturated carbocycles. The quantitative estimate of drug-likeness (QED) is 0.926. The van der Waals surface area contributed by atoms with Crippen LogP contribution in [-0.4, -0.2) is 24.8 Å². The lowest BCUT2D eigenvalue weighted by molar-refractivity contribution is 0.406. The maximum absolute atomic E-state index is 12.2. The lowest BCUT2D eigenvalue weighted by Crippen LogP contribution is -2.27. The van der Waals surface area contributed by atoms with Crippen LogP contribution < -0.4 is 5.56 Å². The summed E-state index contributed by atoms with van der Waals surface area (Å²) in [5.74, 6) is 0.515. The van der Waals surface area contributed by atoms with Gasteiger partial charge in [-0.1, -0.05) is 11.6 Å². The van der Waals surface area contributed by atoms with Crippen LogP contribution in [0.15, 0.2) is 44.8 Å². The SMILES string of the molecule is CN(Cc1ccco1)S(=O)(=O)c1c[nH]c(=O)c(Cl)c1. The molecular weight excluding hydrogens is 292 g/mol. The van der Waals surface area contributed by atoms with Crippen molar-refractivity contribution in [1.82, 2.24) is 9.29 Å². The van der Waals surface area contributed by atoms with E-state index in [9.17, 15) is 13.2 Å². The number of H-pyrrole nitrogens is 1. The van der Waals surface area contributed by atoms with E-state index in [4.69, 9.17) is 16.0 Å². The summed E-state index contributed by atoms with van der Waals surface area (Å²) in [7, 11) is -2.32. The minimum Gasteiger partial charge on any atom is -0.468 e. The van der Waals surface area contributed by atoms with Crippen molar-refractivity contribution < 1.29 is 12.8 Å². The number of hydrogen-bond acceptors (Lipinski definition) is 4. The second-order valence-corrected chi connectivity index (χ2v) is 6.30. The van der Waals surface area contributed by atoms with Crippen LogP contribution in [-0.2, 0) is 16.6 Å². The minimum atomic E-state index is -3.74. The zero-order valence-electron chi connectivity index (χ0n) is 9.96. The van der Waals surface area contributed by atoms with Gasteiger partial charge in [-0.3, -0.25) is 4.79 Å². The molecule has 102 valence electrons. The summed E-state index contributed by atoms with van der Waals surface area (Å²) in [5.41, 5.74) is -0.533. The first-order chi connectivity index (χ1) is 8.91. The number of pyridine rings is 1. The van der Waals surface area contributed by atoms with Crippen molar-refractivity contribution in [2.75, 3.05) is 7.05 Å². The number of nitrogens with zero attached hydrogens (tertiary/aromatic N) is 1. The van der Waals surface area contributed by atoms with Crippen LogP contribution in [0, 0.1) is 0 Å². The highest BCUT2D eigenvalue weighted by molar-refractivity contribution is 7.89. The predicted molar refractivity (Wildman–Crippen MR) is 69.4 cm³/mol. The molecule has 0 fully saturated rings. The van der Waals surface area contributed by atoms with Gasteiger partial charge in [0.1, 0.15) is 10.8 Å². The topological polar surface area (TPSA) is 83.4 Å². The van der Waals surface area contributed by atoms with Crippen LogP contribution in [0.4, 0.5) is 0 Å². The lowest BCUT2D eigenvalue weighted by Gasteiger charge is -2.15. The van der Waals surface area contributed by atoms with E-state index in [-0.39, 0.29) is 16.5 Å². The van der Waals surface area contributed by atoms with Crippen LogP contribution in [0.5, 0.6) is 0 Å². The highest BCUT2D eigenvalue weighted by Crippen LogP contribution is 2.17. The molecule has 0 aliphatic carbocycles. The number of aromatic nitrogens is 1. The Balaban J connectivity index is 2.31. The number of sulfonamides is 1. The Hall–Kier alpha value is -1.57. The number of nitrogens with one attached hydrogen (secondary N) is 1. The minimum absolute atomic E-state index is 0.0776. The van der Waals surface area contributed by atoms with Crippen molar-refractivity contribution in [1.29, 1.82) is 0 Å². The van der Waals surface area contributed by atoms with E-state index in [2.05, 4.69) is 4.98 Å². The molecule has 0 bridgehead atoms. The van der Waals surface area contributed by atoms with E-state index in [1.807, 2.05) is 0 Å². The molecule has 0 radical (unpaired) electrons. The highest BCUT2D eigenvalue weighted by atomic mass is 35.5. The van der Waals surface area contributed by atoms with Crippen LogP contribution in [0.3, 0.4) is 0 Å². The van der Waals surface area contributed by atoms with Crippen LogP contribution >= 0.6 is 11.6 Å². The fraction of sp³-hybridized carbons (Fsp3) is 0.182. The third-order valence-corrected chi connectivity index (χ3v) is 4.56. The van der Waals surface area contributed by atoms with Crippen molar-refractivity contribution in [2.24, 2.45) is 0 Å². The Morgan fingerprint density at radius 3 is 2.79 bits per heavy atom. The van der Waals surface area contributed by atoms with Crippen LogP contribution in [0.2, 0.25) is 5.02 Å².